The molecule has 94 valence electrons. The highest BCUT2D eigenvalue weighted by molar-refractivity contribution is 7.99. The summed E-state index contributed by atoms with van der Waals surface area (Å²) in [5.41, 5.74) is 0.161. The van der Waals surface area contributed by atoms with E-state index in [1.807, 2.05) is 6.07 Å². The molecule has 0 amide bonds. The van der Waals surface area contributed by atoms with Crippen LogP contribution in [-0.4, -0.2) is 30.5 Å². The molecule has 0 saturated carbocycles. The fourth-order valence-corrected chi connectivity index (χ4v) is 2.44. The molecule has 17 heavy (non-hydrogen) atoms. The predicted molar refractivity (Wildman–Crippen MR) is 70.2 cm³/mol. The average Bonchev–Trinajstić information content (AvgIpc) is 2.30. The number of carboxylic acids is 1. The summed E-state index contributed by atoms with van der Waals surface area (Å²) in [5, 5.41) is 9.20. The number of methoxy groups -OCH3 is 1. The normalized spacial score (nSPS) is 10.5. The Bertz CT molecular complexity index is 382. The third-order valence-corrected chi connectivity index (χ3v) is 3.59. The standard InChI is InChI=1S/C12H15ClO3S/c1-16-6-2-3-7-17-9-4-5-11(13)10(8-9)12(14)15/h4-5,8H,2-3,6-7H2,1H3,(H,14,15). The molecule has 3 nitrogen and oxygen atoms in total. The van der Waals surface area contributed by atoms with E-state index in [2.05, 4.69) is 0 Å². The van der Waals surface area contributed by atoms with Crippen molar-refractivity contribution in [2.45, 2.75) is 17.7 Å². The molecule has 0 radical (unpaired) electrons. The lowest BCUT2D eigenvalue weighted by Crippen LogP contribution is -1.97. The lowest BCUT2D eigenvalue weighted by Gasteiger charge is -2.04. The molecule has 1 aromatic rings. The first-order chi connectivity index (χ1) is 8.15. The van der Waals surface area contributed by atoms with E-state index in [0.29, 0.717) is 0 Å². The zero-order chi connectivity index (χ0) is 12.7. The highest BCUT2D eigenvalue weighted by Crippen LogP contribution is 2.25. The largest absolute Gasteiger partial charge is 0.478 e. The van der Waals surface area contributed by atoms with Crippen LogP contribution in [0.25, 0.3) is 0 Å². The van der Waals surface area contributed by atoms with Crippen molar-refractivity contribution < 1.29 is 14.6 Å². The molecule has 1 N–H and O–H groups in total. The van der Waals surface area contributed by atoms with Crippen LogP contribution in [0.1, 0.15) is 23.2 Å². The summed E-state index contributed by atoms with van der Waals surface area (Å²) in [6.45, 7) is 0.765. The number of aromatic carboxylic acids is 1. The van der Waals surface area contributed by atoms with Gasteiger partial charge in [0, 0.05) is 18.6 Å². The van der Waals surface area contributed by atoms with Gasteiger partial charge in [-0.25, -0.2) is 4.79 Å². The van der Waals surface area contributed by atoms with E-state index in [1.54, 1.807) is 31.0 Å². The van der Waals surface area contributed by atoms with Gasteiger partial charge in [-0.1, -0.05) is 11.6 Å². The van der Waals surface area contributed by atoms with Gasteiger partial charge in [0.05, 0.1) is 10.6 Å². The van der Waals surface area contributed by atoms with E-state index in [1.165, 1.54) is 0 Å². The Balaban J connectivity index is 2.49. The van der Waals surface area contributed by atoms with E-state index in [0.717, 1.165) is 30.1 Å². The number of halogens is 1. The fourth-order valence-electron chi connectivity index (χ4n) is 1.30. The second-order valence-electron chi connectivity index (χ2n) is 3.50. The van der Waals surface area contributed by atoms with Gasteiger partial charge in [0.25, 0.3) is 0 Å². The minimum absolute atomic E-state index is 0.161. The molecule has 0 aliphatic carbocycles. The Morgan fingerprint density at radius 1 is 1.47 bits per heavy atom. The molecule has 1 aromatic carbocycles. The van der Waals surface area contributed by atoms with E-state index < -0.39 is 5.97 Å². The first-order valence-electron chi connectivity index (χ1n) is 5.29. The summed E-state index contributed by atoms with van der Waals surface area (Å²) in [6.07, 6.45) is 2.06. The van der Waals surface area contributed by atoms with Crippen molar-refractivity contribution >= 4 is 29.3 Å². The van der Waals surface area contributed by atoms with E-state index in [9.17, 15) is 4.79 Å². The molecule has 0 aromatic heterocycles. The molecule has 0 saturated heterocycles. The SMILES string of the molecule is COCCCCSc1ccc(Cl)c(C(=O)O)c1. The Kier molecular flexibility index (Phi) is 6.40. The topological polar surface area (TPSA) is 46.5 Å². The van der Waals surface area contributed by atoms with Crippen LogP contribution in [0, 0.1) is 0 Å². The van der Waals surface area contributed by atoms with Gasteiger partial charge in [0.1, 0.15) is 0 Å². The average molecular weight is 275 g/mol. The number of hydrogen-bond donors (Lipinski definition) is 1. The number of hydrogen-bond acceptors (Lipinski definition) is 3. The van der Waals surface area contributed by atoms with E-state index in [-0.39, 0.29) is 10.6 Å². The van der Waals surface area contributed by atoms with Crippen LogP contribution in [0.5, 0.6) is 0 Å². The summed E-state index contributed by atoms with van der Waals surface area (Å²) in [7, 11) is 1.69. The molecule has 0 heterocycles. The Hall–Kier alpha value is -0.710. The minimum atomic E-state index is -0.989. The summed E-state index contributed by atoms with van der Waals surface area (Å²) in [5.74, 6) is -0.0406. The second kappa shape index (κ2) is 7.58. The first-order valence-corrected chi connectivity index (χ1v) is 6.66. The van der Waals surface area contributed by atoms with Crippen LogP contribution in [0.15, 0.2) is 23.1 Å². The van der Waals surface area contributed by atoms with Crippen molar-refractivity contribution in [2.24, 2.45) is 0 Å². The van der Waals surface area contributed by atoms with Gasteiger partial charge < -0.3 is 9.84 Å². The number of carboxylic acid groups (broad SMARTS) is 1. The van der Waals surface area contributed by atoms with Crippen LogP contribution in [-0.2, 0) is 4.74 Å². The van der Waals surface area contributed by atoms with Crippen molar-refractivity contribution in [1.29, 1.82) is 0 Å². The van der Waals surface area contributed by atoms with Crippen LogP contribution in [0.2, 0.25) is 5.02 Å². The number of ether oxygens (including phenoxy) is 1. The highest BCUT2D eigenvalue weighted by Gasteiger charge is 2.09. The molecule has 0 fully saturated rings. The number of thioether (sulfide) groups is 1. The second-order valence-corrected chi connectivity index (χ2v) is 5.07. The lowest BCUT2D eigenvalue weighted by atomic mass is 10.2. The maximum Gasteiger partial charge on any atom is 0.337 e. The molecule has 0 bridgehead atoms. The third kappa shape index (κ3) is 4.98. The zero-order valence-corrected chi connectivity index (χ0v) is 11.2. The fraction of sp³-hybridized carbons (Fsp3) is 0.417. The maximum atomic E-state index is 10.9. The van der Waals surface area contributed by atoms with Gasteiger partial charge in [-0.05, 0) is 36.8 Å². The molecule has 1 rings (SSSR count). The van der Waals surface area contributed by atoms with Gasteiger partial charge in [0.2, 0.25) is 0 Å². The quantitative estimate of drug-likeness (QED) is 0.610. The van der Waals surface area contributed by atoms with Crippen molar-refractivity contribution in [1.82, 2.24) is 0 Å². The molecule has 5 heteroatoms. The number of benzene rings is 1. The van der Waals surface area contributed by atoms with Gasteiger partial charge >= 0.3 is 5.97 Å². The van der Waals surface area contributed by atoms with Crippen LogP contribution in [0.3, 0.4) is 0 Å². The van der Waals surface area contributed by atoms with Crippen LogP contribution >= 0.6 is 23.4 Å². The lowest BCUT2D eigenvalue weighted by molar-refractivity contribution is 0.0697. The van der Waals surface area contributed by atoms with Crippen LogP contribution in [0.4, 0.5) is 0 Å². The summed E-state index contributed by atoms with van der Waals surface area (Å²) >= 11 is 7.42. The Labute approximate surface area is 110 Å². The molecule has 0 atom stereocenters. The summed E-state index contributed by atoms with van der Waals surface area (Å²) < 4.78 is 4.96. The van der Waals surface area contributed by atoms with Gasteiger partial charge in [0.15, 0.2) is 0 Å². The molecule has 0 unspecified atom stereocenters. The first kappa shape index (κ1) is 14.4. The molecule has 0 aliphatic rings. The smallest absolute Gasteiger partial charge is 0.337 e. The van der Waals surface area contributed by atoms with Crippen LogP contribution < -0.4 is 0 Å². The van der Waals surface area contributed by atoms with Gasteiger partial charge in [-0.15, -0.1) is 11.8 Å². The van der Waals surface area contributed by atoms with Crippen molar-refractivity contribution in [2.75, 3.05) is 19.5 Å². The zero-order valence-electron chi connectivity index (χ0n) is 9.61. The summed E-state index contributed by atoms with van der Waals surface area (Å²) in [4.78, 5) is 11.8. The highest BCUT2D eigenvalue weighted by atomic mass is 35.5. The molecule has 0 spiro atoms. The van der Waals surface area contributed by atoms with Crippen molar-refractivity contribution in [3.8, 4) is 0 Å². The molecular formula is C12H15ClO3S. The molecular weight excluding hydrogens is 260 g/mol. The maximum absolute atomic E-state index is 10.9. The third-order valence-electron chi connectivity index (χ3n) is 2.18. The number of rotatable bonds is 7. The monoisotopic (exact) mass is 274 g/mol. The molecule has 0 aliphatic heterocycles. The Morgan fingerprint density at radius 3 is 2.88 bits per heavy atom. The Morgan fingerprint density at radius 2 is 2.24 bits per heavy atom. The van der Waals surface area contributed by atoms with Gasteiger partial charge in [-0.3, -0.25) is 0 Å². The minimum Gasteiger partial charge on any atom is -0.478 e. The predicted octanol–water partition coefficient (Wildman–Crippen LogP) is 3.56. The number of carbonyl (C=O) groups is 1. The number of unbranched alkanes of at least 4 members (excludes halogenated alkanes) is 1. The van der Waals surface area contributed by atoms with E-state index in [4.69, 9.17) is 21.4 Å². The van der Waals surface area contributed by atoms with E-state index >= 15 is 0 Å². The van der Waals surface area contributed by atoms with Crippen molar-refractivity contribution in [3.05, 3.63) is 28.8 Å². The summed E-state index contributed by atoms with van der Waals surface area (Å²) in [6, 6.07) is 5.09. The van der Waals surface area contributed by atoms with Crippen molar-refractivity contribution in [3.63, 3.8) is 0 Å². The van der Waals surface area contributed by atoms with Gasteiger partial charge in [-0.2, -0.15) is 0 Å².